The summed E-state index contributed by atoms with van der Waals surface area (Å²) < 4.78 is 33.8. The molecule has 2 aromatic carbocycles. The topological polar surface area (TPSA) is 83.1 Å². The van der Waals surface area contributed by atoms with Gasteiger partial charge in [-0.3, -0.25) is 9.69 Å². The molecule has 4 rings (SSSR count). The zero-order chi connectivity index (χ0) is 26.6. The van der Waals surface area contributed by atoms with Gasteiger partial charge in [0.2, 0.25) is 10.0 Å². The van der Waals surface area contributed by atoms with Crippen LogP contribution in [0.5, 0.6) is 5.75 Å². The summed E-state index contributed by atoms with van der Waals surface area (Å²) in [5.74, 6) is 0.341. The number of aromatic nitrogens is 1. The molecule has 1 aliphatic heterocycles. The maximum Gasteiger partial charge on any atom is 0.260 e. The molecule has 2 heterocycles. The molecular weight excluding hydrogens is 532 g/mol. The molecule has 3 aromatic rings. The second-order valence-corrected chi connectivity index (χ2v) is 12.2. The molecular formula is C26H33ClN4O4S2. The van der Waals surface area contributed by atoms with Gasteiger partial charge in [0.05, 0.1) is 21.7 Å². The highest BCUT2D eigenvalue weighted by molar-refractivity contribution is 7.89. The zero-order valence-corrected chi connectivity index (χ0v) is 23.8. The number of ether oxygens (including phenoxy) is 1. The number of halogens is 1. The van der Waals surface area contributed by atoms with E-state index in [1.807, 2.05) is 0 Å². The molecule has 0 aliphatic carbocycles. The summed E-state index contributed by atoms with van der Waals surface area (Å²) in [6.45, 7) is 8.05. The molecule has 1 fully saturated rings. The third-order valence-electron chi connectivity index (χ3n) is 6.73. The molecule has 1 aromatic heterocycles. The van der Waals surface area contributed by atoms with E-state index in [9.17, 15) is 13.2 Å². The number of likely N-dealkylation sites (N-methyl/N-ethyl adjacent to an activating group) is 1. The number of thiazole rings is 1. The van der Waals surface area contributed by atoms with E-state index in [2.05, 4.69) is 18.7 Å². The fourth-order valence-corrected chi connectivity index (χ4v) is 7.26. The van der Waals surface area contributed by atoms with Gasteiger partial charge in [0.25, 0.3) is 5.91 Å². The predicted molar refractivity (Wildman–Crippen MR) is 150 cm³/mol. The van der Waals surface area contributed by atoms with Crippen molar-refractivity contribution in [3.05, 3.63) is 47.0 Å². The monoisotopic (exact) mass is 564 g/mol. The Morgan fingerprint density at radius 3 is 2.35 bits per heavy atom. The van der Waals surface area contributed by atoms with Crippen molar-refractivity contribution in [2.45, 2.75) is 38.0 Å². The average molecular weight is 565 g/mol. The van der Waals surface area contributed by atoms with Crippen molar-refractivity contribution in [3.8, 4) is 5.75 Å². The first-order chi connectivity index (χ1) is 17.8. The molecule has 0 spiro atoms. The van der Waals surface area contributed by atoms with Crippen molar-refractivity contribution >= 4 is 54.2 Å². The maximum absolute atomic E-state index is 13.8. The molecule has 11 heteroatoms. The average Bonchev–Trinajstić information content (AvgIpc) is 3.38. The van der Waals surface area contributed by atoms with Crippen LogP contribution in [0.4, 0.5) is 5.13 Å². The van der Waals surface area contributed by atoms with Gasteiger partial charge in [-0.2, -0.15) is 4.31 Å². The lowest BCUT2D eigenvalue weighted by Gasteiger charge is -2.26. The van der Waals surface area contributed by atoms with Crippen LogP contribution in [0.3, 0.4) is 0 Å². The van der Waals surface area contributed by atoms with Crippen LogP contribution in [0.1, 0.15) is 43.5 Å². The van der Waals surface area contributed by atoms with Crippen molar-refractivity contribution in [2.75, 3.05) is 51.3 Å². The third kappa shape index (κ3) is 5.93. The molecule has 0 atom stereocenters. The van der Waals surface area contributed by atoms with Gasteiger partial charge in [0.15, 0.2) is 5.13 Å². The van der Waals surface area contributed by atoms with E-state index < -0.39 is 10.0 Å². The van der Waals surface area contributed by atoms with E-state index in [0.717, 1.165) is 37.1 Å². The minimum Gasteiger partial charge on any atom is -0.494 e. The molecule has 0 N–H and O–H groups in total. The Kier molecular flexibility index (Phi) is 9.07. The van der Waals surface area contributed by atoms with Crippen LogP contribution < -0.4 is 9.64 Å². The normalized spacial score (nSPS) is 14.8. The quantitative estimate of drug-likeness (QED) is 0.340. The van der Waals surface area contributed by atoms with E-state index in [1.54, 1.807) is 36.3 Å². The molecule has 0 radical (unpaired) electrons. The predicted octanol–water partition coefficient (Wildman–Crippen LogP) is 5.12. The number of methoxy groups -OCH3 is 1. The number of carbonyl (C=O) groups is 1. The summed E-state index contributed by atoms with van der Waals surface area (Å²) in [4.78, 5) is 22.6. The Balaban J connectivity index is 1.66. The minimum atomic E-state index is -3.57. The molecule has 200 valence electrons. The number of amides is 1. The summed E-state index contributed by atoms with van der Waals surface area (Å²) in [6, 6.07) is 9.75. The zero-order valence-electron chi connectivity index (χ0n) is 21.4. The molecule has 37 heavy (non-hydrogen) atoms. The van der Waals surface area contributed by atoms with Crippen molar-refractivity contribution in [1.82, 2.24) is 14.2 Å². The highest BCUT2D eigenvalue weighted by Gasteiger charge is 2.27. The molecule has 1 aliphatic rings. The van der Waals surface area contributed by atoms with E-state index in [1.165, 1.54) is 27.8 Å². The Hall–Kier alpha value is -2.24. The van der Waals surface area contributed by atoms with Gasteiger partial charge in [-0.05, 0) is 62.3 Å². The van der Waals surface area contributed by atoms with Gasteiger partial charge >= 0.3 is 0 Å². The van der Waals surface area contributed by atoms with Crippen LogP contribution >= 0.6 is 22.9 Å². The summed E-state index contributed by atoms with van der Waals surface area (Å²) in [5.41, 5.74) is 1.01. The van der Waals surface area contributed by atoms with Crippen molar-refractivity contribution in [1.29, 1.82) is 0 Å². The number of anilines is 1. The highest BCUT2D eigenvalue weighted by Crippen LogP contribution is 2.39. The van der Waals surface area contributed by atoms with Gasteiger partial charge in [0, 0.05) is 31.7 Å². The smallest absolute Gasteiger partial charge is 0.260 e. The number of rotatable bonds is 10. The molecule has 0 saturated carbocycles. The summed E-state index contributed by atoms with van der Waals surface area (Å²) in [5, 5.41) is 1.06. The van der Waals surface area contributed by atoms with Crippen LogP contribution in [0.2, 0.25) is 5.02 Å². The van der Waals surface area contributed by atoms with E-state index in [4.69, 9.17) is 21.3 Å². The first-order valence-electron chi connectivity index (χ1n) is 12.6. The lowest BCUT2D eigenvalue weighted by atomic mass is 10.2. The summed E-state index contributed by atoms with van der Waals surface area (Å²) in [7, 11) is -2.00. The lowest BCUT2D eigenvalue weighted by molar-refractivity contribution is 0.0983. The van der Waals surface area contributed by atoms with Gasteiger partial charge in [-0.1, -0.05) is 43.2 Å². The van der Waals surface area contributed by atoms with Crippen molar-refractivity contribution in [2.24, 2.45) is 0 Å². The molecule has 1 saturated heterocycles. The van der Waals surface area contributed by atoms with Crippen LogP contribution in [-0.2, 0) is 10.0 Å². The maximum atomic E-state index is 13.8. The fourth-order valence-electron chi connectivity index (χ4n) is 4.47. The molecule has 0 bridgehead atoms. The van der Waals surface area contributed by atoms with Gasteiger partial charge in [-0.15, -0.1) is 0 Å². The standard InChI is InChI=1S/C26H33ClN4O4S2/c1-4-29(5-2)17-18-31(26-28-23-22(35-3)14-13-21(27)24(23)36-26)25(32)19-9-11-20(12-10-19)37(33,34)30-15-7-6-8-16-30/h9-14H,4-8,15-18H2,1-3H3. The number of carbonyl (C=O) groups excluding carboxylic acids is 1. The molecule has 1 amide bonds. The van der Waals surface area contributed by atoms with Gasteiger partial charge in [-0.25, -0.2) is 13.4 Å². The number of fused-ring (bicyclic) bond motifs is 1. The Morgan fingerprint density at radius 2 is 1.73 bits per heavy atom. The molecule has 8 nitrogen and oxygen atoms in total. The number of hydrogen-bond donors (Lipinski definition) is 0. The number of piperidine rings is 1. The first-order valence-corrected chi connectivity index (χ1v) is 15.2. The summed E-state index contributed by atoms with van der Waals surface area (Å²) >= 11 is 7.78. The second kappa shape index (κ2) is 12.1. The van der Waals surface area contributed by atoms with Crippen LogP contribution in [-0.4, -0.2) is 74.9 Å². The first kappa shape index (κ1) is 27.8. The SMILES string of the molecule is CCN(CC)CCN(C(=O)c1ccc(S(=O)(=O)N2CCCCC2)cc1)c1nc2c(OC)ccc(Cl)c2s1. The Labute approximate surface area is 227 Å². The summed E-state index contributed by atoms with van der Waals surface area (Å²) in [6.07, 6.45) is 2.79. The number of nitrogens with zero attached hydrogens (tertiary/aromatic N) is 4. The van der Waals surface area contributed by atoms with Gasteiger partial charge < -0.3 is 9.64 Å². The third-order valence-corrected chi connectivity index (χ3v) is 10.2. The van der Waals surface area contributed by atoms with Crippen molar-refractivity contribution in [3.63, 3.8) is 0 Å². The number of hydrogen-bond acceptors (Lipinski definition) is 7. The van der Waals surface area contributed by atoms with E-state index in [0.29, 0.717) is 53.2 Å². The minimum absolute atomic E-state index is 0.206. The van der Waals surface area contributed by atoms with Crippen LogP contribution in [0.25, 0.3) is 10.2 Å². The lowest BCUT2D eigenvalue weighted by Crippen LogP contribution is -2.39. The number of sulfonamides is 1. The van der Waals surface area contributed by atoms with Crippen LogP contribution in [0.15, 0.2) is 41.3 Å². The van der Waals surface area contributed by atoms with Crippen LogP contribution in [0, 0.1) is 0 Å². The Morgan fingerprint density at radius 1 is 1.05 bits per heavy atom. The van der Waals surface area contributed by atoms with E-state index in [-0.39, 0.29) is 10.8 Å². The second-order valence-electron chi connectivity index (χ2n) is 8.90. The Bertz CT molecular complexity index is 1330. The largest absolute Gasteiger partial charge is 0.494 e. The highest BCUT2D eigenvalue weighted by atomic mass is 35.5. The van der Waals surface area contributed by atoms with Crippen molar-refractivity contribution < 1.29 is 17.9 Å². The molecule has 0 unspecified atom stereocenters. The van der Waals surface area contributed by atoms with E-state index >= 15 is 0 Å². The fraction of sp³-hybridized carbons (Fsp3) is 0.462. The number of benzene rings is 2. The van der Waals surface area contributed by atoms with Gasteiger partial charge in [0.1, 0.15) is 11.3 Å².